The van der Waals surface area contributed by atoms with E-state index in [2.05, 4.69) is 15.2 Å². The molecule has 4 rings (SSSR count). The molecule has 1 amide bonds. The predicted molar refractivity (Wildman–Crippen MR) is 141 cm³/mol. The van der Waals surface area contributed by atoms with E-state index in [1.807, 2.05) is 30.3 Å². The highest BCUT2D eigenvalue weighted by molar-refractivity contribution is 5.80. The first-order chi connectivity index (χ1) is 18.0. The van der Waals surface area contributed by atoms with Gasteiger partial charge in [0.25, 0.3) is 5.56 Å². The average molecular weight is 521 g/mol. The Kier molecular flexibility index (Phi) is 7.82. The van der Waals surface area contributed by atoms with Crippen molar-refractivity contribution in [3.05, 3.63) is 97.8 Å². The summed E-state index contributed by atoms with van der Waals surface area (Å²) in [6.07, 6.45) is -0.301. The van der Waals surface area contributed by atoms with Gasteiger partial charge < -0.3 is 20.1 Å². The Morgan fingerprint density at radius 1 is 1.05 bits per heavy atom. The highest BCUT2D eigenvalue weighted by atomic mass is 16.6. The van der Waals surface area contributed by atoms with Gasteiger partial charge in [0.1, 0.15) is 11.6 Å². The summed E-state index contributed by atoms with van der Waals surface area (Å²) < 4.78 is 6.25. The monoisotopic (exact) mass is 520 g/mol. The number of carbonyl (C=O) groups is 2. The number of benzene rings is 2. The number of aromatic nitrogens is 2. The number of amides is 1. The van der Waals surface area contributed by atoms with Gasteiger partial charge in [-0.15, -0.1) is 0 Å². The van der Waals surface area contributed by atoms with Crippen molar-refractivity contribution in [2.45, 2.75) is 58.3 Å². The van der Waals surface area contributed by atoms with E-state index in [4.69, 9.17) is 4.74 Å². The number of nitrogens with one attached hydrogen (secondary N) is 2. The van der Waals surface area contributed by atoms with Gasteiger partial charge in [0.05, 0.1) is 5.69 Å². The van der Waals surface area contributed by atoms with Crippen LogP contribution in [0.5, 0.6) is 0 Å². The van der Waals surface area contributed by atoms with E-state index in [-0.39, 0.29) is 12.0 Å². The lowest BCUT2D eigenvalue weighted by Crippen LogP contribution is -2.44. The number of hydrogen-bond donors (Lipinski definition) is 3. The Bertz CT molecular complexity index is 1420. The molecule has 0 aliphatic carbocycles. The Hall–Kier alpha value is -4.18. The van der Waals surface area contributed by atoms with Crippen molar-refractivity contribution < 1.29 is 19.4 Å². The predicted octanol–water partition coefficient (Wildman–Crippen LogP) is 2.60. The van der Waals surface area contributed by atoms with Gasteiger partial charge in [0.15, 0.2) is 0 Å². The van der Waals surface area contributed by atoms with E-state index < -0.39 is 29.4 Å². The highest BCUT2D eigenvalue weighted by Gasteiger charge is 2.25. The van der Waals surface area contributed by atoms with Gasteiger partial charge in [-0.3, -0.25) is 9.69 Å². The van der Waals surface area contributed by atoms with Crippen molar-refractivity contribution in [2.75, 3.05) is 6.54 Å². The lowest BCUT2D eigenvalue weighted by molar-refractivity contribution is -0.139. The average Bonchev–Trinajstić information content (AvgIpc) is 2.84. The van der Waals surface area contributed by atoms with Crippen LogP contribution in [0.25, 0.3) is 5.69 Å². The molecule has 0 saturated carbocycles. The number of alkyl carbamates (subject to hydrolysis) is 1. The number of ether oxygens (including phenoxy) is 1. The summed E-state index contributed by atoms with van der Waals surface area (Å²) in [7, 11) is 0. The van der Waals surface area contributed by atoms with Crippen molar-refractivity contribution in [1.29, 1.82) is 0 Å². The third kappa shape index (κ3) is 6.57. The number of rotatable bonds is 7. The van der Waals surface area contributed by atoms with Crippen LogP contribution in [0.3, 0.4) is 0 Å². The van der Waals surface area contributed by atoms with Crippen LogP contribution in [0.15, 0.2) is 64.2 Å². The maximum atomic E-state index is 13.3. The molecule has 0 saturated heterocycles. The minimum Gasteiger partial charge on any atom is -0.480 e. The summed E-state index contributed by atoms with van der Waals surface area (Å²) in [4.78, 5) is 55.0. The van der Waals surface area contributed by atoms with E-state index in [0.29, 0.717) is 42.0 Å². The first-order valence-corrected chi connectivity index (χ1v) is 12.4. The van der Waals surface area contributed by atoms with Crippen molar-refractivity contribution in [2.24, 2.45) is 0 Å². The molecule has 1 unspecified atom stereocenters. The van der Waals surface area contributed by atoms with Crippen LogP contribution >= 0.6 is 0 Å². The van der Waals surface area contributed by atoms with Crippen molar-refractivity contribution in [3.8, 4) is 5.69 Å². The summed E-state index contributed by atoms with van der Waals surface area (Å²) in [5, 5.41) is 11.9. The summed E-state index contributed by atoms with van der Waals surface area (Å²) in [5.41, 5.74) is 1.72. The molecule has 2 heterocycles. The number of fused-ring (bicyclic) bond motifs is 1. The molecule has 38 heavy (non-hydrogen) atoms. The number of aromatic amines is 1. The minimum absolute atomic E-state index is 0.00154. The van der Waals surface area contributed by atoms with Crippen LogP contribution in [0.4, 0.5) is 4.79 Å². The first-order valence-electron chi connectivity index (χ1n) is 12.4. The lowest BCUT2D eigenvalue weighted by Gasteiger charge is -2.28. The maximum Gasteiger partial charge on any atom is 0.408 e. The summed E-state index contributed by atoms with van der Waals surface area (Å²) in [5.74, 6) is -1.21. The van der Waals surface area contributed by atoms with Crippen molar-refractivity contribution in [1.82, 2.24) is 19.8 Å². The van der Waals surface area contributed by atoms with Gasteiger partial charge in [0.2, 0.25) is 0 Å². The number of aliphatic carboxylic acids is 1. The van der Waals surface area contributed by atoms with Crippen LogP contribution < -0.4 is 16.6 Å². The second-order valence-corrected chi connectivity index (χ2v) is 10.4. The Morgan fingerprint density at radius 2 is 1.74 bits per heavy atom. The molecule has 0 bridgehead atoms. The van der Waals surface area contributed by atoms with E-state index >= 15 is 0 Å². The molecular weight excluding hydrogens is 488 g/mol. The third-order valence-corrected chi connectivity index (χ3v) is 6.22. The van der Waals surface area contributed by atoms with Gasteiger partial charge >= 0.3 is 17.8 Å². The second kappa shape index (κ2) is 11.1. The Morgan fingerprint density at radius 3 is 2.37 bits per heavy atom. The fourth-order valence-corrected chi connectivity index (χ4v) is 4.46. The number of carboxylic acids is 1. The fourth-order valence-electron chi connectivity index (χ4n) is 4.46. The van der Waals surface area contributed by atoms with E-state index in [1.54, 1.807) is 45.0 Å². The van der Waals surface area contributed by atoms with E-state index in [0.717, 1.165) is 16.7 Å². The van der Waals surface area contributed by atoms with Gasteiger partial charge in [-0.1, -0.05) is 42.5 Å². The number of hydrogen-bond acceptors (Lipinski definition) is 6. The van der Waals surface area contributed by atoms with Crippen LogP contribution in [0.2, 0.25) is 0 Å². The number of carbonyl (C=O) groups excluding carboxylic acids is 1. The zero-order chi connectivity index (χ0) is 27.4. The fraction of sp³-hybridized carbons (Fsp3) is 0.357. The molecule has 1 aliphatic rings. The van der Waals surface area contributed by atoms with E-state index in [1.165, 1.54) is 0 Å². The topological polar surface area (TPSA) is 134 Å². The second-order valence-electron chi connectivity index (χ2n) is 10.4. The van der Waals surface area contributed by atoms with Crippen LogP contribution in [0, 0.1) is 0 Å². The lowest BCUT2D eigenvalue weighted by atomic mass is 10.0. The Balaban J connectivity index is 1.49. The number of nitrogens with zero attached hydrogens (tertiary/aromatic N) is 2. The molecule has 1 atom stereocenters. The molecule has 200 valence electrons. The molecule has 1 aromatic heterocycles. The quantitative estimate of drug-likeness (QED) is 0.436. The smallest absolute Gasteiger partial charge is 0.408 e. The van der Waals surface area contributed by atoms with Crippen molar-refractivity contribution in [3.63, 3.8) is 0 Å². The van der Waals surface area contributed by atoms with Crippen LogP contribution in [-0.2, 0) is 35.5 Å². The number of H-pyrrole nitrogens is 1. The molecule has 0 radical (unpaired) electrons. The number of carboxylic acid groups (broad SMARTS) is 1. The van der Waals surface area contributed by atoms with Crippen LogP contribution in [-0.4, -0.2) is 49.8 Å². The van der Waals surface area contributed by atoms with Crippen LogP contribution in [0.1, 0.15) is 43.2 Å². The molecule has 3 aromatic rings. The molecule has 2 aromatic carbocycles. The van der Waals surface area contributed by atoms with E-state index in [9.17, 15) is 24.3 Å². The first kappa shape index (κ1) is 26.9. The third-order valence-electron chi connectivity index (χ3n) is 6.22. The zero-order valence-electron chi connectivity index (χ0n) is 21.7. The standard InChI is InChI=1S/C28H32N4O6/c1-28(2,3)38-27(37)30-22(25(34)35)15-18-9-11-20(12-10-18)32-24(33)21-13-14-31(17-23(21)29-26(32)36)16-19-7-5-4-6-8-19/h4-12,22H,13-17H2,1-3H3,(H,29,36)(H,30,37)(H,34,35). The highest BCUT2D eigenvalue weighted by Crippen LogP contribution is 2.17. The summed E-state index contributed by atoms with van der Waals surface area (Å²) in [6.45, 7) is 6.97. The normalized spacial score (nSPS) is 14.4. The molecule has 0 spiro atoms. The molecule has 1 aliphatic heterocycles. The van der Waals surface area contributed by atoms with Gasteiger partial charge in [-0.2, -0.15) is 0 Å². The van der Waals surface area contributed by atoms with Gasteiger partial charge in [-0.05, 0) is 50.5 Å². The summed E-state index contributed by atoms with van der Waals surface area (Å²) >= 11 is 0. The molecule has 10 heteroatoms. The molecule has 3 N–H and O–H groups in total. The maximum absolute atomic E-state index is 13.3. The molecule has 10 nitrogen and oxygen atoms in total. The Labute approximate surface area is 219 Å². The molecule has 0 fully saturated rings. The molecular formula is C28H32N4O6. The van der Waals surface area contributed by atoms with Gasteiger partial charge in [0, 0.05) is 37.3 Å². The summed E-state index contributed by atoms with van der Waals surface area (Å²) in [6, 6.07) is 15.3. The van der Waals surface area contributed by atoms with Gasteiger partial charge in [-0.25, -0.2) is 19.0 Å². The zero-order valence-corrected chi connectivity index (χ0v) is 21.7. The minimum atomic E-state index is -1.21. The SMILES string of the molecule is CC(C)(C)OC(=O)NC(Cc1ccc(-n2c(=O)[nH]c3c(c2=O)CCN(Cc2ccccc2)C3)cc1)C(=O)O. The largest absolute Gasteiger partial charge is 0.480 e. The van der Waals surface area contributed by atoms with Crippen molar-refractivity contribution >= 4 is 12.1 Å².